The van der Waals surface area contributed by atoms with E-state index in [9.17, 15) is 5.11 Å². The molecule has 0 bridgehead atoms. The highest BCUT2D eigenvalue weighted by Gasteiger charge is 2.14. The standard InChI is InChI=1S/C7H13O2/c8-4-1-2-7-3-5-9-6-7/h7H,1-6H2. The average molecular weight is 129 g/mol. The van der Waals surface area contributed by atoms with E-state index in [-0.39, 0.29) is 6.61 Å². The number of ether oxygens (including phenoxy) is 1. The van der Waals surface area contributed by atoms with Crippen molar-refractivity contribution < 1.29 is 9.84 Å². The first-order chi connectivity index (χ1) is 4.43. The minimum Gasteiger partial charge on any atom is -0.381 e. The van der Waals surface area contributed by atoms with E-state index in [0.717, 1.165) is 26.1 Å². The molecule has 0 spiro atoms. The normalized spacial score (nSPS) is 27.0. The van der Waals surface area contributed by atoms with Gasteiger partial charge in [0.25, 0.3) is 0 Å². The first-order valence-corrected chi connectivity index (χ1v) is 3.59. The van der Waals surface area contributed by atoms with Crippen LogP contribution < -0.4 is 0 Å². The minimum absolute atomic E-state index is 0.0799. The van der Waals surface area contributed by atoms with Crippen molar-refractivity contribution in [3.8, 4) is 0 Å². The van der Waals surface area contributed by atoms with Gasteiger partial charge in [0.15, 0.2) is 0 Å². The van der Waals surface area contributed by atoms with Crippen LogP contribution in [0.5, 0.6) is 0 Å². The smallest absolute Gasteiger partial charge is 0.0822 e. The number of rotatable bonds is 3. The van der Waals surface area contributed by atoms with Gasteiger partial charge < -0.3 is 4.74 Å². The Kier molecular flexibility index (Phi) is 3.01. The van der Waals surface area contributed by atoms with Gasteiger partial charge in [0.1, 0.15) is 0 Å². The Hall–Kier alpha value is -0.0800. The van der Waals surface area contributed by atoms with E-state index in [1.54, 1.807) is 0 Å². The van der Waals surface area contributed by atoms with Crippen molar-refractivity contribution in [2.75, 3.05) is 19.8 Å². The van der Waals surface area contributed by atoms with E-state index in [0.29, 0.717) is 5.92 Å². The van der Waals surface area contributed by atoms with Crippen LogP contribution in [0.1, 0.15) is 19.3 Å². The number of hydrogen-bond acceptors (Lipinski definition) is 1. The molecule has 53 valence electrons. The SMILES string of the molecule is [O]CCCC1CCOC1. The van der Waals surface area contributed by atoms with Crippen LogP contribution >= 0.6 is 0 Å². The van der Waals surface area contributed by atoms with Gasteiger partial charge in [0.2, 0.25) is 0 Å². The van der Waals surface area contributed by atoms with Gasteiger partial charge in [-0.15, -0.1) is 0 Å². The fraction of sp³-hybridized carbons (Fsp3) is 1.00. The third-order valence-electron chi connectivity index (χ3n) is 1.78. The summed E-state index contributed by atoms with van der Waals surface area (Å²) in [5, 5.41) is 10.0. The Bertz CT molecular complexity index is 67.3. The van der Waals surface area contributed by atoms with E-state index in [4.69, 9.17) is 4.74 Å². The molecule has 0 saturated carbocycles. The molecule has 0 aromatic carbocycles. The van der Waals surface area contributed by atoms with Crippen molar-refractivity contribution in [3.05, 3.63) is 0 Å². The van der Waals surface area contributed by atoms with Crippen LogP contribution in [0.15, 0.2) is 0 Å². The van der Waals surface area contributed by atoms with Gasteiger partial charge in [-0.1, -0.05) is 0 Å². The fourth-order valence-corrected chi connectivity index (χ4v) is 1.18. The van der Waals surface area contributed by atoms with Gasteiger partial charge in [-0.2, -0.15) is 0 Å². The van der Waals surface area contributed by atoms with Gasteiger partial charge in [-0.3, -0.25) is 0 Å². The highest BCUT2D eigenvalue weighted by atomic mass is 16.5. The summed E-state index contributed by atoms with van der Waals surface area (Å²) in [5.74, 6) is 0.693. The lowest BCUT2D eigenvalue weighted by Gasteiger charge is -2.02. The second kappa shape index (κ2) is 3.85. The highest BCUT2D eigenvalue weighted by molar-refractivity contribution is 4.63. The Labute approximate surface area is 55.8 Å². The van der Waals surface area contributed by atoms with Crippen LogP contribution in [0.4, 0.5) is 0 Å². The molecule has 1 unspecified atom stereocenters. The van der Waals surface area contributed by atoms with Gasteiger partial charge in [-0.05, 0) is 25.2 Å². The quantitative estimate of drug-likeness (QED) is 0.563. The number of hydrogen-bond donors (Lipinski definition) is 0. The average Bonchev–Trinajstić information content (AvgIpc) is 2.34. The van der Waals surface area contributed by atoms with Crippen molar-refractivity contribution in [2.24, 2.45) is 5.92 Å². The van der Waals surface area contributed by atoms with Gasteiger partial charge in [-0.25, -0.2) is 5.11 Å². The lowest BCUT2D eigenvalue weighted by atomic mass is 10.0. The molecule has 1 rings (SSSR count). The van der Waals surface area contributed by atoms with Crippen molar-refractivity contribution in [1.82, 2.24) is 0 Å². The van der Waals surface area contributed by atoms with E-state index >= 15 is 0 Å². The molecular formula is C7H13O2. The summed E-state index contributed by atoms with van der Waals surface area (Å²) < 4.78 is 5.15. The third-order valence-corrected chi connectivity index (χ3v) is 1.78. The van der Waals surface area contributed by atoms with E-state index < -0.39 is 0 Å². The van der Waals surface area contributed by atoms with Crippen LogP contribution in [0.3, 0.4) is 0 Å². The van der Waals surface area contributed by atoms with Crippen molar-refractivity contribution in [3.63, 3.8) is 0 Å². The summed E-state index contributed by atoms with van der Waals surface area (Å²) in [6, 6.07) is 0. The Morgan fingerprint density at radius 1 is 1.56 bits per heavy atom. The zero-order valence-electron chi connectivity index (χ0n) is 5.64. The van der Waals surface area contributed by atoms with Crippen LogP contribution in [0.2, 0.25) is 0 Å². The molecule has 2 heteroatoms. The molecule has 2 nitrogen and oxygen atoms in total. The maximum atomic E-state index is 10.0. The van der Waals surface area contributed by atoms with Crippen LogP contribution in [0, 0.1) is 5.92 Å². The molecule has 1 fully saturated rings. The van der Waals surface area contributed by atoms with E-state index in [1.807, 2.05) is 0 Å². The van der Waals surface area contributed by atoms with Crippen LogP contribution in [-0.2, 0) is 9.84 Å². The van der Waals surface area contributed by atoms with Crippen molar-refractivity contribution in [1.29, 1.82) is 0 Å². The Balaban J connectivity index is 1.98. The molecule has 1 aliphatic heterocycles. The topological polar surface area (TPSA) is 29.1 Å². The summed E-state index contributed by atoms with van der Waals surface area (Å²) in [5.41, 5.74) is 0. The minimum atomic E-state index is 0.0799. The molecule has 0 amide bonds. The molecule has 0 N–H and O–H groups in total. The lowest BCUT2D eigenvalue weighted by Crippen LogP contribution is -1.99. The van der Waals surface area contributed by atoms with E-state index in [2.05, 4.69) is 0 Å². The highest BCUT2D eigenvalue weighted by Crippen LogP contribution is 2.17. The lowest BCUT2D eigenvalue weighted by molar-refractivity contribution is 0.166. The van der Waals surface area contributed by atoms with Crippen molar-refractivity contribution >= 4 is 0 Å². The molecule has 9 heavy (non-hydrogen) atoms. The Morgan fingerprint density at radius 3 is 3.00 bits per heavy atom. The summed E-state index contributed by atoms with van der Waals surface area (Å²) in [6.07, 6.45) is 3.07. The van der Waals surface area contributed by atoms with Crippen LogP contribution in [-0.4, -0.2) is 19.8 Å². The molecule has 1 aliphatic rings. The molecular weight excluding hydrogens is 116 g/mol. The first kappa shape index (κ1) is 7.03. The molecule has 1 radical (unpaired) electrons. The Morgan fingerprint density at radius 2 is 2.44 bits per heavy atom. The first-order valence-electron chi connectivity index (χ1n) is 3.59. The van der Waals surface area contributed by atoms with E-state index in [1.165, 1.54) is 6.42 Å². The summed E-state index contributed by atoms with van der Waals surface area (Å²) in [4.78, 5) is 0. The fourth-order valence-electron chi connectivity index (χ4n) is 1.18. The molecule has 1 saturated heterocycles. The summed E-state index contributed by atoms with van der Waals surface area (Å²) in [7, 11) is 0. The summed E-state index contributed by atoms with van der Waals surface area (Å²) >= 11 is 0. The van der Waals surface area contributed by atoms with Gasteiger partial charge in [0, 0.05) is 13.2 Å². The second-order valence-electron chi connectivity index (χ2n) is 2.58. The molecule has 0 aromatic heterocycles. The molecule has 0 aromatic rings. The zero-order valence-corrected chi connectivity index (χ0v) is 5.64. The predicted molar refractivity (Wildman–Crippen MR) is 33.7 cm³/mol. The maximum absolute atomic E-state index is 10.0. The second-order valence-corrected chi connectivity index (χ2v) is 2.58. The zero-order chi connectivity index (χ0) is 6.53. The van der Waals surface area contributed by atoms with Crippen LogP contribution in [0.25, 0.3) is 0 Å². The molecule has 1 atom stereocenters. The molecule has 0 aliphatic carbocycles. The van der Waals surface area contributed by atoms with Gasteiger partial charge in [0.05, 0.1) is 6.61 Å². The van der Waals surface area contributed by atoms with Gasteiger partial charge >= 0.3 is 0 Å². The van der Waals surface area contributed by atoms with Crippen molar-refractivity contribution in [2.45, 2.75) is 19.3 Å². The monoisotopic (exact) mass is 129 g/mol. The molecule has 1 heterocycles. The largest absolute Gasteiger partial charge is 0.381 e. The third kappa shape index (κ3) is 2.33. The maximum Gasteiger partial charge on any atom is 0.0822 e. The predicted octanol–water partition coefficient (Wildman–Crippen LogP) is 1.23. The summed E-state index contributed by atoms with van der Waals surface area (Å²) in [6.45, 7) is 1.88.